The van der Waals surface area contributed by atoms with Gasteiger partial charge in [-0.1, -0.05) is 11.6 Å². The van der Waals surface area contributed by atoms with Gasteiger partial charge in [-0.2, -0.15) is 0 Å². The van der Waals surface area contributed by atoms with E-state index in [-0.39, 0.29) is 27.0 Å². The quantitative estimate of drug-likeness (QED) is 0.820. The second kappa shape index (κ2) is 6.39. The minimum atomic E-state index is -3.70. The van der Waals surface area contributed by atoms with Gasteiger partial charge < -0.3 is 5.32 Å². The number of rotatable bonds is 4. The molecule has 0 spiro atoms. The van der Waals surface area contributed by atoms with Crippen LogP contribution in [-0.4, -0.2) is 58.7 Å². The van der Waals surface area contributed by atoms with E-state index in [2.05, 4.69) is 5.32 Å². The van der Waals surface area contributed by atoms with Crippen molar-refractivity contribution in [1.82, 2.24) is 9.62 Å². The summed E-state index contributed by atoms with van der Waals surface area (Å²) in [7, 11) is -4.06. The molecule has 1 aliphatic rings. The Kier molecular flexibility index (Phi) is 5.05. The number of benzene rings is 1. The van der Waals surface area contributed by atoms with E-state index in [1.54, 1.807) is 0 Å². The molecule has 2 rings (SSSR count). The molecule has 1 heterocycles. The lowest BCUT2D eigenvalue weighted by Gasteiger charge is -2.15. The largest absolute Gasteiger partial charge is 0.348 e. The van der Waals surface area contributed by atoms with Gasteiger partial charge in [-0.15, -0.1) is 0 Å². The monoisotopic (exact) mass is 380 g/mol. The van der Waals surface area contributed by atoms with Gasteiger partial charge in [0.15, 0.2) is 9.84 Å². The summed E-state index contributed by atoms with van der Waals surface area (Å²) in [6, 6.07) is 3.35. The van der Waals surface area contributed by atoms with Crippen LogP contribution in [-0.2, 0) is 19.9 Å². The third-order valence-electron chi connectivity index (χ3n) is 3.53. The Balaban J connectivity index is 2.27. The molecule has 1 aromatic rings. The number of halogens is 1. The smallest absolute Gasteiger partial charge is 0.253 e. The molecule has 1 aliphatic heterocycles. The summed E-state index contributed by atoms with van der Waals surface area (Å²) >= 11 is 5.97. The van der Waals surface area contributed by atoms with E-state index >= 15 is 0 Å². The lowest BCUT2D eigenvalue weighted by Crippen LogP contribution is -2.35. The summed E-state index contributed by atoms with van der Waals surface area (Å²) in [6.07, 6.45) is 0.335. The highest BCUT2D eigenvalue weighted by Crippen LogP contribution is 2.23. The van der Waals surface area contributed by atoms with Crippen LogP contribution in [0.3, 0.4) is 0 Å². The molecule has 10 heteroatoms. The number of carbonyl (C=O) groups is 1. The Hall–Kier alpha value is -1.16. The highest BCUT2D eigenvalue weighted by Gasteiger charge is 2.30. The van der Waals surface area contributed by atoms with Crippen molar-refractivity contribution in [2.45, 2.75) is 17.4 Å². The molecular formula is C13H17ClN2O5S2. The first-order chi connectivity index (χ1) is 10.5. The Morgan fingerprint density at radius 3 is 2.52 bits per heavy atom. The van der Waals surface area contributed by atoms with Crippen molar-refractivity contribution in [3.8, 4) is 0 Å². The zero-order valence-corrected chi connectivity index (χ0v) is 15.0. The van der Waals surface area contributed by atoms with E-state index in [4.69, 9.17) is 11.6 Å². The molecule has 1 atom stereocenters. The number of sulfonamides is 1. The molecule has 23 heavy (non-hydrogen) atoms. The molecule has 0 saturated carbocycles. The van der Waals surface area contributed by atoms with Crippen molar-refractivity contribution >= 4 is 37.4 Å². The SMILES string of the molecule is CN(C)S(=O)(=O)c1ccc(Cl)c(C(=O)N[C@@H]2CCS(=O)(=O)C2)c1. The Morgan fingerprint density at radius 1 is 1.35 bits per heavy atom. The van der Waals surface area contributed by atoms with Gasteiger partial charge >= 0.3 is 0 Å². The van der Waals surface area contributed by atoms with E-state index in [9.17, 15) is 21.6 Å². The molecule has 1 N–H and O–H groups in total. The molecule has 1 fully saturated rings. The molecule has 1 aromatic carbocycles. The van der Waals surface area contributed by atoms with Crippen LogP contribution in [0.2, 0.25) is 5.02 Å². The molecular weight excluding hydrogens is 364 g/mol. The molecule has 0 aliphatic carbocycles. The summed E-state index contributed by atoms with van der Waals surface area (Å²) in [5, 5.41) is 2.69. The number of nitrogens with one attached hydrogen (secondary N) is 1. The van der Waals surface area contributed by atoms with E-state index in [0.29, 0.717) is 6.42 Å². The first-order valence-corrected chi connectivity index (χ1v) is 10.4. The van der Waals surface area contributed by atoms with Crippen molar-refractivity contribution in [3.63, 3.8) is 0 Å². The first kappa shape index (κ1) is 18.2. The van der Waals surface area contributed by atoms with Crippen LogP contribution in [0.25, 0.3) is 0 Å². The van der Waals surface area contributed by atoms with Crippen LogP contribution in [0.5, 0.6) is 0 Å². The maximum atomic E-state index is 12.3. The predicted octanol–water partition coefficient (Wildman–Crippen LogP) is 0.507. The molecule has 0 radical (unpaired) electrons. The summed E-state index contributed by atoms with van der Waals surface area (Å²) < 4.78 is 48.1. The van der Waals surface area contributed by atoms with Gasteiger partial charge in [0.05, 0.1) is 27.0 Å². The van der Waals surface area contributed by atoms with E-state index < -0.39 is 31.8 Å². The fourth-order valence-corrected chi connectivity index (χ4v) is 5.03. The van der Waals surface area contributed by atoms with Crippen LogP contribution in [0.1, 0.15) is 16.8 Å². The van der Waals surface area contributed by atoms with Gasteiger partial charge in [0, 0.05) is 20.1 Å². The van der Waals surface area contributed by atoms with Crippen molar-refractivity contribution in [1.29, 1.82) is 0 Å². The highest BCUT2D eigenvalue weighted by molar-refractivity contribution is 7.91. The number of sulfone groups is 1. The lowest BCUT2D eigenvalue weighted by molar-refractivity contribution is 0.0941. The minimum Gasteiger partial charge on any atom is -0.348 e. The Morgan fingerprint density at radius 2 is 2.00 bits per heavy atom. The van der Waals surface area contributed by atoms with Crippen molar-refractivity contribution in [2.75, 3.05) is 25.6 Å². The van der Waals surface area contributed by atoms with Gasteiger partial charge in [0.2, 0.25) is 10.0 Å². The number of nitrogens with zero attached hydrogens (tertiary/aromatic N) is 1. The summed E-state index contributed by atoms with van der Waals surface area (Å²) in [5.74, 6) is -0.680. The standard InChI is InChI=1S/C13H17ClN2O5S2/c1-16(2)23(20,21)10-3-4-12(14)11(7-10)13(17)15-9-5-6-22(18,19)8-9/h3-4,7,9H,5-6,8H2,1-2H3,(H,15,17)/t9-/m1/s1. The molecule has 0 unspecified atom stereocenters. The predicted molar refractivity (Wildman–Crippen MR) is 86.8 cm³/mol. The van der Waals surface area contributed by atoms with Crippen LogP contribution in [0.4, 0.5) is 0 Å². The summed E-state index contributed by atoms with van der Waals surface area (Å²) in [6.45, 7) is 0. The molecule has 128 valence electrons. The second-order valence-corrected chi connectivity index (χ2v) is 10.3. The maximum Gasteiger partial charge on any atom is 0.253 e. The topological polar surface area (TPSA) is 101 Å². The third kappa shape index (κ3) is 4.03. The lowest BCUT2D eigenvalue weighted by atomic mass is 10.2. The average Bonchev–Trinajstić information content (AvgIpc) is 2.77. The van der Waals surface area contributed by atoms with Crippen LogP contribution in [0, 0.1) is 0 Å². The van der Waals surface area contributed by atoms with Gasteiger partial charge in [0.25, 0.3) is 5.91 Å². The number of hydrogen-bond acceptors (Lipinski definition) is 5. The fourth-order valence-electron chi connectivity index (χ4n) is 2.22. The van der Waals surface area contributed by atoms with E-state index in [1.807, 2.05) is 0 Å². The minimum absolute atomic E-state index is 0.00103. The van der Waals surface area contributed by atoms with Gasteiger partial charge in [0.1, 0.15) is 0 Å². The number of amides is 1. The normalized spacial score (nSPS) is 20.6. The van der Waals surface area contributed by atoms with Crippen LogP contribution < -0.4 is 5.32 Å². The van der Waals surface area contributed by atoms with E-state index in [1.165, 1.54) is 32.3 Å². The Labute approximate surface area is 140 Å². The van der Waals surface area contributed by atoms with Crippen LogP contribution in [0.15, 0.2) is 23.1 Å². The van der Waals surface area contributed by atoms with Crippen molar-refractivity contribution in [3.05, 3.63) is 28.8 Å². The molecule has 0 bridgehead atoms. The zero-order valence-electron chi connectivity index (χ0n) is 12.6. The molecule has 1 saturated heterocycles. The second-order valence-electron chi connectivity index (χ2n) is 5.50. The molecule has 0 aromatic heterocycles. The van der Waals surface area contributed by atoms with Gasteiger partial charge in [-0.05, 0) is 24.6 Å². The van der Waals surface area contributed by atoms with Crippen LogP contribution >= 0.6 is 11.6 Å². The number of carbonyl (C=O) groups excluding carboxylic acids is 1. The Bertz CT molecular complexity index is 834. The maximum absolute atomic E-state index is 12.3. The third-order valence-corrected chi connectivity index (χ3v) is 7.44. The molecule has 7 nitrogen and oxygen atoms in total. The van der Waals surface area contributed by atoms with Gasteiger partial charge in [-0.25, -0.2) is 21.1 Å². The van der Waals surface area contributed by atoms with Crippen molar-refractivity contribution < 1.29 is 21.6 Å². The summed E-state index contributed by atoms with van der Waals surface area (Å²) in [5.41, 5.74) is -0.00103. The highest BCUT2D eigenvalue weighted by atomic mass is 35.5. The fraction of sp³-hybridized carbons (Fsp3) is 0.462. The van der Waals surface area contributed by atoms with Gasteiger partial charge in [-0.3, -0.25) is 4.79 Å². The van der Waals surface area contributed by atoms with E-state index in [0.717, 1.165) is 4.31 Å². The average molecular weight is 381 g/mol. The summed E-state index contributed by atoms with van der Waals surface area (Å²) in [4.78, 5) is 12.2. The van der Waals surface area contributed by atoms with Crippen molar-refractivity contribution in [2.24, 2.45) is 0 Å². The first-order valence-electron chi connectivity index (χ1n) is 6.76. The number of hydrogen-bond donors (Lipinski definition) is 1. The molecule has 1 amide bonds. The zero-order chi connectivity index (χ0) is 17.4.